The smallest absolute Gasteiger partial charge is 0.194 e. The molecule has 124 valence electrons. The summed E-state index contributed by atoms with van der Waals surface area (Å²) < 4.78 is 0. The Labute approximate surface area is 154 Å². The second-order valence-corrected chi connectivity index (χ2v) is 7.82. The minimum absolute atomic E-state index is 0. The molecule has 1 saturated heterocycles. The molecule has 2 aliphatic rings. The Balaban J connectivity index is 0.00000176. The van der Waals surface area contributed by atoms with E-state index >= 15 is 0 Å². The Morgan fingerprint density at radius 1 is 1.36 bits per heavy atom. The number of aromatic nitrogens is 1. The van der Waals surface area contributed by atoms with E-state index in [1.54, 1.807) is 11.3 Å². The van der Waals surface area contributed by atoms with Crippen molar-refractivity contribution in [2.24, 2.45) is 10.4 Å². The molecule has 1 aromatic rings. The van der Waals surface area contributed by atoms with Crippen molar-refractivity contribution >= 4 is 41.3 Å². The molecule has 1 spiro atoms. The number of halogens is 1. The summed E-state index contributed by atoms with van der Waals surface area (Å²) in [5.74, 6) is 1.05. The zero-order chi connectivity index (χ0) is 14.7. The lowest BCUT2D eigenvalue weighted by molar-refractivity contribution is 0.203. The first kappa shape index (κ1) is 18.0. The number of hydrogen-bond donors (Lipinski definition) is 1. The minimum Gasteiger partial charge on any atom is -0.350 e. The van der Waals surface area contributed by atoms with Gasteiger partial charge < -0.3 is 10.2 Å². The first-order valence-electron chi connectivity index (χ1n) is 8.08. The second kappa shape index (κ2) is 7.95. The molecule has 4 nitrogen and oxygen atoms in total. The summed E-state index contributed by atoms with van der Waals surface area (Å²) in [5, 5.41) is 4.63. The number of aliphatic imine (C=N–C) groups is 1. The van der Waals surface area contributed by atoms with Gasteiger partial charge >= 0.3 is 0 Å². The molecule has 1 aliphatic carbocycles. The zero-order valence-corrected chi connectivity index (χ0v) is 16.7. The van der Waals surface area contributed by atoms with E-state index in [2.05, 4.69) is 27.1 Å². The van der Waals surface area contributed by atoms with Crippen LogP contribution in [0, 0.1) is 12.3 Å². The van der Waals surface area contributed by atoms with Crippen LogP contribution in [0.15, 0.2) is 11.2 Å². The van der Waals surface area contributed by atoms with Gasteiger partial charge in [-0.3, -0.25) is 4.99 Å². The lowest BCUT2D eigenvalue weighted by Crippen LogP contribution is -2.41. The van der Waals surface area contributed by atoms with Crippen molar-refractivity contribution in [2.75, 3.05) is 20.1 Å². The molecule has 1 aromatic heterocycles. The van der Waals surface area contributed by atoms with Crippen LogP contribution >= 0.6 is 35.3 Å². The van der Waals surface area contributed by atoms with Crippen LogP contribution in [-0.2, 0) is 6.54 Å². The fraction of sp³-hybridized carbons (Fsp3) is 0.750. The summed E-state index contributed by atoms with van der Waals surface area (Å²) in [6, 6.07) is 0. The summed E-state index contributed by atoms with van der Waals surface area (Å²) in [4.78, 5) is 12.6. The van der Waals surface area contributed by atoms with E-state index < -0.39 is 0 Å². The third kappa shape index (κ3) is 4.13. The highest BCUT2D eigenvalue weighted by molar-refractivity contribution is 14.0. The van der Waals surface area contributed by atoms with Gasteiger partial charge in [-0.2, -0.15) is 0 Å². The topological polar surface area (TPSA) is 40.5 Å². The maximum Gasteiger partial charge on any atom is 0.194 e. The molecule has 1 N–H and O–H groups in total. The Bertz CT molecular complexity index is 508. The molecule has 3 rings (SSSR count). The van der Waals surface area contributed by atoms with Crippen LogP contribution in [-0.4, -0.2) is 36.0 Å². The summed E-state index contributed by atoms with van der Waals surface area (Å²) >= 11 is 1.76. The van der Waals surface area contributed by atoms with E-state index in [-0.39, 0.29) is 24.0 Å². The highest BCUT2D eigenvalue weighted by Gasteiger charge is 2.39. The monoisotopic (exact) mass is 434 g/mol. The van der Waals surface area contributed by atoms with Gasteiger partial charge in [-0.15, -0.1) is 35.3 Å². The van der Waals surface area contributed by atoms with Gasteiger partial charge in [0.15, 0.2) is 5.96 Å². The molecule has 6 heteroatoms. The molecule has 0 radical (unpaired) electrons. The molecule has 1 aliphatic heterocycles. The van der Waals surface area contributed by atoms with Crippen molar-refractivity contribution in [3.8, 4) is 0 Å². The summed E-state index contributed by atoms with van der Waals surface area (Å²) in [7, 11) is 1.89. The van der Waals surface area contributed by atoms with Gasteiger partial charge in [0.25, 0.3) is 0 Å². The highest BCUT2D eigenvalue weighted by atomic mass is 127. The van der Waals surface area contributed by atoms with Crippen molar-refractivity contribution in [3.63, 3.8) is 0 Å². The van der Waals surface area contributed by atoms with E-state index in [0.717, 1.165) is 24.1 Å². The van der Waals surface area contributed by atoms with E-state index in [4.69, 9.17) is 0 Å². The highest BCUT2D eigenvalue weighted by Crippen LogP contribution is 2.43. The van der Waals surface area contributed by atoms with E-state index in [1.165, 1.54) is 49.9 Å². The SMILES string of the molecule is CN=C(NCc1ncc(C)s1)N1CCC2(CCCCC2)C1.I. The van der Waals surface area contributed by atoms with E-state index in [0.29, 0.717) is 5.41 Å². The number of rotatable bonds is 2. The van der Waals surface area contributed by atoms with Crippen LogP contribution in [0.25, 0.3) is 0 Å². The fourth-order valence-electron chi connectivity index (χ4n) is 3.80. The second-order valence-electron chi connectivity index (χ2n) is 6.50. The van der Waals surface area contributed by atoms with Gasteiger partial charge in [0.05, 0.1) is 6.54 Å². The fourth-order valence-corrected chi connectivity index (χ4v) is 4.52. The first-order valence-corrected chi connectivity index (χ1v) is 8.89. The maximum atomic E-state index is 4.48. The van der Waals surface area contributed by atoms with Gasteiger partial charge in [-0.25, -0.2) is 4.98 Å². The summed E-state index contributed by atoms with van der Waals surface area (Å²) in [6.07, 6.45) is 10.4. The van der Waals surface area contributed by atoms with Gasteiger partial charge in [-0.1, -0.05) is 19.3 Å². The number of likely N-dealkylation sites (tertiary alicyclic amines) is 1. The van der Waals surface area contributed by atoms with Gasteiger partial charge in [-0.05, 0) is 31.6 Å². The van der Waals surface area contributed by atoms with Crippen molar-refractivity contribution < 1.29 is 0 Å². The quantitative estimate of drug-likeness (QED) is 0.437. The molecular formula is C16H27IN4S. The van der Waals surface area contributed by atoms with Crippen LogP contribution < -0.4 is 5.32 Å². The number of thiazole rings is 1. The van der Waals surface area contributed by atoms with Crippen molar-refractivity contribution in [1.82, 2.24) is 15.2 Å². The molecule has 0 aromatic carbocycles. The average molecular weight is 434 g/mol. The van der Waals surface area contributed by atoms with Crippen LogP contribution in [0.3, 0.4) is 0 Å². The van der Waals surface area contributed by atoms with Crippen LogP contribution in [0.2, 0.25) is 0 Å². The molecule has 22 heavy (non-hydrogen) atoms. The lowest BCUT2D eigenvalue weighted by Gasteiger charge is -2.33. The van der Waals surface area contributed by atoms with E-state index in [9.17, 15) is 0 Å². The molecule has 2 heterocycles. The average Bonchev–Trinajstić information content (AvgIpc) is 3.08. The zero-order valence-electron chi connectivity index (χ0n) is 13.6. The van der Waals surface area contributed by atoms with Crippen molar-refractivity contribution in [2.45, 2.75) is 52.0 Å². The van der Waals surface area contributed by atoms with Gasteiger partial charge in [0.2, 0.25) is 0 Å². The van der Waals surface area contributed by atoms with Gasteiger partial charge in [0.1, 0.15) is 5.01 Å². The Kier molecular flexibility index (Phi) is 6.49. The van der Waals surface area contributed by atoms with Crippen molar-refractivity contribution in [1.29, 1.82) is 0 Å². The van der Waals surface area contributed by atoms with Crippen LogP contribution in [0.4, 0.5) is 0 Å². The minimum atomic E-state index is 0. The summed E-state index contributed by atoms with van der Waals surface area (Å²) in [6.45, 7) is 5.22. The molecule has 0 atom stereocenters. The lowest BCUT2D eigenvalue weighted by atomic mass is 9.73. The number of hydrogen-bond acceptors (Lipinski definition) is 3. The summed E-state index contributed by atoms with van der Waals surface area (Å²) in [5.41, 5.74) is 0.577. The predicted molar refractivity (Wildman–Crippen MR) is 104 cm³/mol. The number of nitrogens with zero attached hydrogens (tertiary/aromatic N) is 3. The Hall–Kier alpha value is -0.370. The molecule has 0 unspecified atom stereocenters. The number of nitrogens with one attached hydrogen (secondary N) is 1. The molecule has 2 fully saturated rings. The Morgan fingerprint density at radius 2 is 2.14 bits per heavy atom. The Morgan fingerprint density at radius 3 is 2.77 bits per heavy atom. The molecular weight excluding hydrogens is 407 g/mol. The standard InChI is InChI=1S/C16H26N4S.HI/c1-13-10-18-14(21-13)11-19-15(17-2)20-9-8-16(12-20)6-4-3-5-7-16;/h10H,3-9,11-12H2,1-2H3,(H,17,19);1H. The number of guanidine groups is 1. The predicted octanol–water partition coefficient (Wildman–Crippen LogP) is 3.80. The largest absolute Gasteiger partial charge is 0.350 e. The maximum absolute atomic E-state index is 4.48. The van der Waals surface area contributed by atoms with Gasteiger partial charge in [0, 0.05) is 31.2 Å². The molecule has 1 saturated carbocycles. The van der Waals surface area contributed by atoms with Crippen molar-refractivity contribution in [3.05, 3.63) is 16.1 Å². The third-order valence-corrected chi connectivity index (χ3v) is 5.84. The first-order chi connectivity index (χ1) is 10.2. The number of aryl methyl sites for hydroxylation is 1. The van der Waals surface area contributed by atoms with Crippen LogP contribution in [0.1, 0.15) is 48.4 Å². The van der Waals surface area contributed by atoms with E-state index in [1.807, 2.05) is 13.2 Å². The normalized spacial score (nSPS) is 21.0. The van der Waals surface area contributed by atoms with Crippen LogP contribution in [0.5, 0.6) is 0 Å². The molecule has 0 bridgehead atoms. The third-order valence-electron chi connectivity index (χ3n) is 4.93. The molecule has 0 amide bonds.